The molecule has 1 aliphatic rings. The number of carbonyl (C=O) groups is 1. The van der Waals surface area contributed by atoms with Gasteiger partial charge in [-0.2, -0.15) is 5.10 Å². The van der Waals surface area contributed by atoms with Crippen molar-refractivity contribution in [2.45, 2.75) is 37.4 Å². The van der Waals surface area contributed by atoms with Crippen LogP contribution in [0.3, 0.4) is 0 Å². The van der Waals surface area contributed by atoms with Crippen LogP contribution in [0.1, 0.15) is 31.5 Å². The molecule has 0 atom stereocenters. The molecule has 1 amide bonds. The minimum Gasteiger partial charge on any atom is -0.342 e. The molecule has 3 rings (SSSR count). The number of hydrogen-bond acceptors (Lipinski definition) is 7. The summed E-state index contributed by atoms with van der Waals surface area (Å²) in [5.41, 5.74) is -0.0790. The zero-order chi connectivity index (χ0) is 18.0. The normalized spacial score (nSPS) is 15.7. The van der Waals surface area contributed by atoms with E-state index in [1.54, 1.807) is 23.3 Å². The van der Waals surface area contributed by atoms with Crippen LogP contribution in [0.5, 0.6) is 0 Å². The lowest BCUT2D eigenvalue weighted by molar-refractivity contribution is -0.129. The topological polar surface area (TPSA) is 104 Å². The average Bonchev–Trinajstić information content (AvgIpc) is 3.16. The Labute approximate surface area is 149 Å². The number of piperidine rings is 1. The van der Waals surface area contributed by atoms with Gasteiger partial charge in [0, 0.05) is 39.6 Å². The van der Waals surface area contributed by atoms with Gasteiger partial charge >= 0.3 is 5.69 Å². The Morgan fingerprint density at radius 2 is 1.96 bits per heavy atom. The number of hydrogen-bond donors (Lipinski definition) is 0. The molecule has 0 unspecified atom stereocenters. The number of rotatable bonds is 5. The predicted octanol–water partition coefficient (Wildman–Crippen LogP) is -0.376. The molecule has 10 nitrogen and oxygen atoms in total. The molecule has 2 aromatic heterocycles. The van der Waals surface area contributed by atoms with Gasteiger partial charge in [-0.05, 0) is 30.2 Å². The van der Waals surface area contributed by atoms with E-state index in [1.165, 1.54) is 16.4 Å². The van der Waals surface area contributed by atoms with Crippen LogP contribution < -0.4 is 5.69 Å². The third-order valence-corrected chi connectivity index (χ3v) is 5.47. The Kier molecular flexibility index (Phi) is 5.21. The maximum absolute atomic E-state index is 12.4. The fourth-order valence-corrected chi connectivity index (χ4v) is 3.82. The largest absolute Gasteiger partial charge is 0.345 e. The van der Waals surface area contributed by atoms with E-state index in [0.29, 0.717) is 30.5 Å². The van der Waals surface area contributed by atoms with Crippen molar-refractivity contribution in [1.82, 2.24) is 39.5 Å². The summed E-state index contributed by atoms with van der Waals surface area (Å²) >= 11 is 1.34. The Morgan fingerprint density at radius 3 is 2.56 bits per heavy atom. The highest BCUT2D eigenvalue weighted by molar-refractivity contribution is 7.99. The van der Waals surface area contributed by atoms with Gasteiger partial charge < -0.3 is 4.90 Å². The lowest BCUT2D eigenvalue weighted by atomic mass is 9.96. The van der Waals surface area contributed by atoms with Gasteiger partial charge in [0.05, 0.1) is 5.75 Å². The van der Waals surface area contributed by atoms with Crippen molar-refractivity contribution < 1.29 is 4.79 Å². The Bertz CT molecular complexity index is 802. The molecule has 1 aliphatic heterocycles. The van der Waals surface area contributed by atoms with Crippen LogP contribution in [0.15, 0.2) is 9.95 Å². The van der Waals surface area contributed by atoms with E-state index in [-0.39, 0.29) is 17.5 Å². The Morgan fingerprint density at radius 1 is 1.24 bits per heavy atom. The highest BCUT2D eigenvalue weighted by Crippen LogP contribution is 2.26. The highest BCUT2D eigenvalue weighted by Gasteiger charge is 2.28. The van der Waals surface area contributed by atoms with Gasteiger partial charge in [0.15, 0.2) is 0 Å². The first-order valence-corrected chi connectivity index (χ1v) is 9.26. The van der Waals surface area contributed by atoms with Crippen LogP contribution in [0.25, 0.3) is 0 Å². The van der Waals surface area contributed by atoms with Crippen LogP contribution in [0.4, 0.5) is 0 Å². The number of likely N-dealkylation sites (tertiary alicyclic amines) is 1. The standard InChI is InChI=1S/C14H22N8O2S/c1-4-22-12(16-20(3)14(22)24)10-5-7-21(8-6-10)11(23)9-25-13-15-17-18-19(13)2/h10H,4-9H2,1-3H3. The molecule has 0 saturated carbocycles. The van der Waals surface area contributed by atoms with Crippen LogP contribution in [0, 0.1) is 0 Å². The van der Waals surface area contributed by atoms with Crippen LogP contribution in [-0.2, 0) is 25.4 Å². The number of tetrazole rings is 1. The maximum Gasteiger partial charge on any atom is 0.345 e. The van der Waals surface area contributed by atoms with Crippen LogP contribution >= 0.6 is 11.8 Å². The summed E-state index contributed by atoms with van der Waals surface area (Å²) in [5, 5.41) is 16.2. The molecule has 0 spiro atoms. The average molecular weight is 366 g/mol. The van der Waals surface area contributed by atoms with Crippen molar-refractivity contribution in [3.63, 3.8) is 0 Å². The minimum atomic E-state index is -0.0790. The molecule has 1 fully saturated rings. The fraction of sp³-hybridized carbons (Fsp3) is 0.714. The van der Waals surface area contributed by atoms with Gasteiger partial charge in [-0.3, -0.25) is 9.36 Å². The molecular weight excluding hydrogens is 344 g/mol. The molecule has 25 heavy (non-hydrogen) atoms. The van der Waals surface area contributed by atoms with Gasteiger partial charge in [0.25, 0.3) is 0 Å². The lowest BCUT2D eigenvalue weighted by Crippen LogP contribution is -2.39. The molecule has 11 heteroatoms. The minimum absolute atomic E-state index is 0.0790. The summed E-state index contributed by atoms with van der Waals surface area (Å²) in [4.78, 5) is 26.3. The highest BCUT2D eigenvalue weighted by atomic mass is 32.2. The van der Waals surface area contributed by atoms with E-state index in [0.717, 1.165) is 18.7 Å². The molecule has 0 N–H and O–H groups in total. The van der Waals surface area contributed by atoms with Crippen molar-refractivity contribution in [2.24, 2.45) is 14.1 Å². The summed E-state index contributed by atoms with van der Waals surface area (Å²) in [6.45, 7) is 3.92. The zero-order valence-electron chi connectivity index (χ0n) is 14.6. The number of aromatic nitrogens is 7. The predicted molar refractivity (Wildman–Crippen MR) is 91.2 cm³/mol. The van der Waals surface area contributed by atoms with E-state index in [2.05, 4.69) is 20.6 Å². The van der Waals surface area contributed by atoms with Gasteiger partial charge in [-0.25, -0.2) is 14.2 Å². The monoisotopic (exact) mass is 366 g/mol. The number of nitrogens with zero attached hydrogens (tertiary/aromatic N) is 8. The van der Waals surface area contributed by atoms with E-state index in [4.69, 9.17) is 0 Å². The first-order valence-electron chi connectivity index (χ1n) is 8.28. The first-order chi connectivity index (χ1) is 12.0. The fourth-order valence-electron chi connectivity index (χ4n) is 3.07. The van der Waals surface area contributed by atoms with E-state index >= 15 is 0 Å². The summed E-state index contributed by atoms with van der Waals surface area (Å²) in [6, 6.07) is 0. The second-order valence-corrected chi connectivity index (χ2v) is 6.98. The summed E-state index contributed by atoms with van der Waals surface area (Å²) in [5.74, 6) is 1.46. The summed E-state index contributed by atoms with van der Waals surface area (Å²) in [6.07, 6.45) is 1.64. The summed E-state index contributed by atoms with van der Waals surface area (Å²) in [7, 11) is 3.42. The van der Waals surface area contributed by atoms with Gasteiger partial charge in [0.2, 0.25) is 11.1 Å². The van der Waals surface area contributed by atoms with Gasteiger partial charge in [-0.15, -0.1) is 5.10 Å². The third kappa shape index (κ3) is 3.60. The Hall–Kier alpha value is -2.17. The number of carbonyl (C=O) groups excluding carboxylic acids is 1. The smallest absolute Gasteiger partial charge is 0.342 e. The van der Waals surface area contributed by atoms with Crippen molar-refractivity contribution in [2.75, 3.05) is 18.8 Å². The van der Waals surface area contributed by atoms with E-state index in [1.807, 2.05) is 11.8 Å². The lowest BCUT2D eigenvalue weighted by Gasteiger charge is -2.31. The number of thioether (sulfide) groups is 1. The molecule has 0 bridgehead atoms. The van der Waals surface area contributed by atoms with Crippen molar-refractivity contribution >= 4 is 17.7 Å². The molecule has 2 aromatic rings. The third-order valence-electron chi connectivity index (χ3n) is 4.47. The SMILES string of the molecule is CCn1c(C2CCN(C(=O)CSc3nnnn3C)CC2)nn(C)c1=O. The number of aryl methyl sites for hydroxylation is 2. The van der Waals surface area contributed by atoms with Crippen LogP contribution in [0.2, 0.25) is 0 Å². The van der Waals surface area contributed by atoms with E-state index in [9.17, 15) is 9.59 Å². The van der Waals surface area contributed by atoms with Gasteiger partial charge in [0.1, 0.15) is 5.82 Å². The molecule has 136 valence electrons. The van der Waals surface area contributed by atoms with Gasteiger partial charge in [-0.1, -0.05) is 11.8 Å². The van der Waals surface area contributed by atoms with Crippen molar-refractivity contribution in [1.29, 1.82) is 0 Å². The molecule has 0 aliphatic carbocycles. The molecule has 0 radical (unpaired) electrons. The molecule has 3 heterocycles. The summed E-state index contributed by atoms with van der Waals surface area (Å²) < 4.78 is 4.66. The van der Waals surface area contributed by atoms with Crippen molar-refractivity contribution in [3.05, 3.63) is 16.3 Å². The second kappa shape index (κ2) is 7.38. The Balaban J connectivity index is 1.56. The van der Waals surface area contributed by atoms with Crippen LogP contribution in [-0.4, -0.2) is 64.2 Å². The molecular formula is C14H22N8O2S. The molecule has 0 aromatic carbocycles. The first kappa shape index (κ1) is 17.6. The zero-order valence-corrected chi connectivity index (χ0v) is 15.4. The van der Waals surface area contributed by atoms with Crippen molar-refractivity contribution in [3.8, 4) is 0 Å². The number of amides is 1. The quantitative estimate of drug-likeness (QED) is 0.665. The van der Waals surface area contributed by atoms with E-state index < -0.39 is 0 Å². The molecule has 1 saturated heterocycles. The second-order valence-electron chi connectivity index (χ2n) is 6.04. The maximum atomic E-state index is 12.4.